The fraction of sp³-hybridized carbons (Fsp3) is 0.375. The molecule has 0 atom stereocenters. The first-order valence-electron chi connectivity index (χ1n) is 6.40. The molecule has 100 valence electrons. The minimum Gasteiger partial charge on any atom is -0.484 e. The Morgan fingerprint density at radius 3 is 2.63 bits per heavy atom. The van der Waals surface area contributed by atoms with Crippen LogP contribution in [0, 0.1) is 12.3 Å². The Morgan fingerprint density at radius 2 is 1.95 bits per heavy atom. The van der Waals surface area contributed by atoms with Gasteiger partial charge in [-0.15, -0.1) is 0 Å². The van der Waals surface area contributed by atoms with Gasteiger partial charge in [0.15, 0.2) is 5.78 Å². The van der Waals surface area contributed by atoms with Crippen LogP contribution in [0.5, 0.6) is 5.75 Å². The maximum absolute atomic E-state index is 11.9. The second-order valence-corrected chi connectivity index (χ2v) is 5.74. The molecule has 0 fully saturated rings. The summed E-state index contributed by atoms with van der Waals surface area (Å²) in [5.74, 6) is 0.746. The highest BCUT2D eigenvalue weighted by atomic mass is 16.5. The number of nitrogens with zero attached hydrogens (tertiary/aromatic N) is 1. The van der Waals surface area contributed by atoms with Crippen molar-refractivity contribution < 1.29 is 9.53 Å². The van der Waals surface area contributed by atoms with Gasteiger partial charge in [-0.25, -0.2) is 4.98 Å². The number of ketones is 1. The third-order valence-corrected chi connectivity index (χ3v) is 3.02. The molecule has 1 aromatic carbocycles. The maximum Gasteiger partial charge on any atom is 0.175 e. The van der Waals surface area contributed by atoms with Crippen molar-refractivity contribution in [1.29, 1.82) is 0 Å². The summed E-state index contributed by atoms with van der Waals surface area (Å²) in [5, 5.41) is 1.02. The van der Waals surface area contributed by atoms with Gasteiger partial charge in [0, 0.05) is 16.5 Å². The van der Waals surface area contributed by atoms with Gasteiger partial charge in [0.05, 0.1) is 0 Å². The van der Waals surface area contributed by atoms with E-state index in [2.05, 4.69) is 4.98 Å². The van der Waals surface area contributed by atoms with Gasteiger partial charge < -0.3 is 4.74 Å². The van der Waals surface area contributed by atoms with E-state index in [0.29, 0.717) is 5.75 Å². The summed E-state index contributed by atoms with van der Waals surface area (Å²) in [5.41, 5.74) is 1.36. The lowest BCUT2D eigenvalue weighted by Gasteiger charge is -2.17. The molecule has 1 aromatic heterocycles. The molecule has 2 rings (SSSR count). The maximum atomic E-state index is 11.9. The smallest absolute Gasteiger partial charge is 0.175 e. The fourth-order valence-corrected chi connectivity index (χ4v) is 1.69. The molecule has 0 aliphatic carbocycles. The predicted molar refractivity (Wildman–Crippen MR) is 76.4 cm³/mol. The molecule has 0 radical (unpaired) electrons. The van der Waals surface area contributed by atoms with Crippen LogP contribution < -0.4 is 4.74 Å². The molecule has 0 unspecified atom stereocenters. The molecule has 0 spiro atoms. The monoisotopic (exact) mass is 257 g/mol. The van der Waals surface area contributed by atoms with Crippen molar-refractivity contribution in [2.45, 2.75) is 27.7 Å². The van der Waals surface area contributed by atoms with Crippen molar-refractivity contribution in [2.24, 2.45) is 5.41 Å². The van der Waals surface area contributed by atoms with Crippen LogP contribution in [0.2, 0.25) is 0 Å². The number of aromatic nitrogens is 1. The number of rotatable bonds is 3. The minimum absolute atomic E-state index is 0.0807. The highest BCUT2D eigenvalue weighted by Gasteiger charge is 2.21. The molecule has 0 saturated carbocycles. The Bertz CT molecular complexity index is 612. The second-order valence-electron chi connectivity index (χ2n) is 5.74. The van der Waals surface area contributed by atoms with Crippen LogP contribution in [0.15, 0.2) is 30.3 Å². The number of benzene rings is 1. The minimum atomic E-state index is -0.381. The van der Waals surface area contributed by atoms with Gasteiger partial charge in [-0.2, -0.15) is 0 Å². The van der Waals surface area contributed by atoms with Crippen LogP contribution in [-0.4, -0.2) is 17.4 Å². The number of hydrogen-bond donors (Lipinski definition) is 0. The van der Waals surface area contributed by atoms with E-state index in [4.69, 9.17) is 4.74 Å². The molecule has 0 N–H and O–H groups in total. The van der Waals surface area contributed by atoms with E-state index in [0.717, 1.165) is 16.6 Å². The van der Waals surface area contributed by atoms with Crippen LogP contribution in [0.3, 0.4) is 0 Å². The third kappa shape index (κ3) is 3.11. The molecule has 0 aliphatic rings. The molecule has 1 heterocycles. The van der Waals surface area contributed by atoms with Crippen molar-refractivity contribution in [2.75, 3.05) is 6.61 Å². The third-order valence-electron chi connectivity index (χ3n) is 3.02. The summed E-state index contributed by atoms with van der Waals surface area (Å²) in [6.45, 7) is 7.70. The average Bonchev–Trinajstić information content (AvgIpc) is 2.34. The van der Waals surface area contributed by atoms with E-state index in [-0.39, 0.29) is 17.8 Å². The Kier molecular flexibility index (Phi) is 3.56. The number of carbonyl (C=O) groups excluding carboxylic acids is 1. The highest BCUT2D eigenvalue weighted by Crippen LogP contribution is 2.24. The molecule has 0 amide bonds. The molecule has 3 heteroatoms. The van der Waals surface area contributed by atoms with Crippen molar-refractivity contribution in [3.8, 4) is 5.75 Å². The summed E-state index contributed by atoms with van der Waals surface area (Å²) < 4.78 is 5.65. The van der Waals surface area contributed by atoms with E-state index < -0.39 is 0 Å². The molecule has 0 bridgehead atoms. The molecule has 0 aliphatic heterocycles. The number of carbonyl (C=O) groups is 1. The van der Waals surface area contributed by atoms with E-state index in [1.807, 2.05) is 58.0 Å². The van der Waals surface area contributed by atoms with Crippen LogP contribution in [-0.2, 0) is 4.79 Å². The van der Waals surface area contributed by atoms with Crippen LogP contribution in [0.4, 0.5) is 0 Å². The lowest BCUT2D eigenvalue weighted by Crippen LogP contribution is -2.26. The van der Waals surface area contributed by atoms with Gasteiger partial charge in [-0.1, -0.05) is 39.0 Å². The summed E-state index contributed by atoms with van der Waals surface area (Å²) in [4.78, 5) is 16.4. The quantitative estimate of drug-likeness (QED) is 0.844. The first-order valence-corrected chi connectivity index (χ1v) is 6.40. The Morgan fingerprint density at radius 1 is 1.21 bits per heavy atom. The molecule has 2 aromatic rings. The molecular weight excluding hydrogens is 238 g/mol. The highest BCUT2D eigenvalue weighted by molar-refractivity contribution is 5.87. The number of para-hydroxylation sites is 1. The van der Waals surface area contributed by atoms with E-state index in [9.17, 15) is 4.79 Å². The Balaban J connectivity index is 2.26. The number of Topliss-reactive ketones (excluding diaryl/α,β-unsaturated/α-hetero) is 1. The second kappa shape index (κ2) is 5.00. The standard InChI is InChI=1S/C16H19NO2/c1-11-8-9-12-6-5-7-13(15(12)17-11)19-10-14(18)16(2,3)4/h5-9H,10H2,1-4H3. The summed E-state index contributed by atoms with van der Waals surface area (Å²) in [6, 6.07) is 9.73. The molecule has 0 saturated heterocycles. The van der Waals surface area contributed by atoms with Gasteiger partial charge in [0.1, 0.15) is 17.9 Å². The van der Waals surface area contributed by atoms with Crippen molar-refractivity contribution in [1.82, 2.24) is 4.98 Å². The van der Waals surface area contributed by atoms with Gasteiger partial charge >= 0.3 is 0 Å². The Hall–Kier alpha value is -1.90. The molecular formula is C16H19NO2. The number of ether oxygens (including phenoxy) is 1. The van der Waals surface area contributed by atoms with Crippen LogP contribution >= 0.6 is 0 Å². The largest absolute Gasteiger partial charge is 0.484 e. The zero-order chi connectivity index (χ0) is 14.0. The zero-order valence-electron chi connectivity index (χ0n) is 11.9. The summed E-state index contributed by atoms with van der Waals surface area (Å²) in [7, 11) is 0. The first-order chi connectivity index (χ1) is 8.88. The van der Waals surface area contributed by atoms with Crippen LogP contribution in [0.1, 0.15) is 26.5 Å². The fourth-order valence-electron chi connectivity index (χ4n) is 1.69. The first kappa shape index (κ1) is 13.5. The average molecular weight is 257 g/mol. The van der Waals surface area contributed by atoms with Gasteiger partial charge in [0.25, 0.3) is 0 Å². The lowest BCUT2D eigenvalue weighted by molar-refractivity contribution is -0.128. The lowest BCUT2D eigenvalue weighted by atomic mass is 9.91. The summed E-state index contributed by atoms with van der Waals surface area (Å²) in [6.07, 6.45) is 0. The van der Waals surface area contributed by atoms with Crippen molar-refractivity contribution >= 4 is 16.7 Å². The van der Waals surface area contributed by atoms with E-state index in [1.165, 1.54) is 0 Å². The predicted octanol–water partition coefficient (Wildman–Crippen LogP) is 3.54. The van der Waals surface area contributed by atoms with Crippen LogP contribution in [0.25, 0.3) is 10.9 Å². The SMILES string of the molecule is Cc1ccc2cccc(OCC(=O)C(C)(C)C)c2n1. The Labute approximate surface area is 113 Å². The summed E-state index contributed by atoms with van der Waals surface area (Å²) >= 11 is 0. The van der Waals surface area contributed by atoms with Gasteiger partial charge in [-0.3, -0.25) is 4.79 Å². The molecule has 19 heavy (non-hydrogen) atoms. The number of pyridine rings is 1. The number of fused-ring (bicyclic) bond motifs is 1. The van der Waals surface area contributed by atoms with Gasteiger partial charge in [-0.05, 0) is 19.1 Å². The zero-order valence-corrected chi connectivity index (χ0v) is 11.9. The van der Waals surface area contributed by atoms with Crippen molar-refractivity contribution in [3.05, 3.63) is 36.0 Å². The van der Waals surface area contributed by atoms with E-state index >= 15 is 0 Å². The van der Waals surface area contributed by atoms with Gasteiger partial charge in [0.2, 0.25) is 0 Å². The van der Waals surface area contributed by atoms with E-state index in [1.54, 1.807) is 0 Å². The number of aryl methyl sites for hydroxylation is 1. The topological polar surface area (TPSA) is 39.2 Å². The normalized spacial score (nSPS) is 11.6. The van der Waals surface area contributed by atoms with Crippen molar-refractivity contribution in [3.63, 3.8) is 0 Å². The number of hydrogen-bond acceptors (Lipinski definition) is 3. The molecule has 3 nitrogen and oxygen atoms in total.